The number of rotatable bonds is 6. The molecule has 0 atom stereocenters. The van der Waals surface area contributed by atoms with Crippen LogP contribution in [-0.4, -0.2) is 41.6 Å². The second-order valence-corrected chi connectivity index (χ2v) is 9.64. The molecule has 0 fully saturated rings. The first kappa shape index (κ1) is 19.9. The maximum Gasteiger partial charge on any atom is 0.242 e. The molecule has 1 heterocycles. The molecule has 27 heavy (non-hydrogen) atoms. The molecule has 0 radical (unpaired) electrons. The summed E-state index contributed by atoms with van der Waals surface area (Å²) in [7, 11) is -0.416. The van der Waals surface area contributed by atoms with E-state index < -0.39 is 10.0 Å². The zero-order valence-corrected chi connectivity index (χ0v) is 17.5. The van der Waals surface area contributed by atoms with Crippen LogP contribution in [0.4, 0.5) is 0 Å². The van der Waals surface area contributed by atoms with Crippen molar-refractivity contribution in [2.75, 3.05) is 14.1 Å². The SMILES string of the molecule is Cc1ccc(-n2cnnc2SCc2cccc(S(=O)(=O)N(C)C)c2)cc1Cl. The molecule has 0 saturated carbocycles. The lowest BCUT2D eigenvalue weighted by Crippen LogP contribution is -2.22. The van der Waals surface area contributed by atoms with Gasteiger partial charge in [-0.05, 0) is 42.3 Å². The van der Waals surface area contributed by atoms with Gasteiger partial charge in [-0.15, -0.1) is 10.2 Å². The fraction of sp³-hybridized carbons (Fsp3) is 0.222. The molecule has 142 valence electrons. The van der Waals surface area contributed by atoms with Crippen molar-refractivity contribution in [2.24, 2.45) is 0 Å². The number of aryl methyl sites for hydroxylation is 1. The van der Waals surface area contributed by atoms with Gasteiger partial charge in [0.1, 0.15) is 6.33 Å². The maximum absolute atomic E-state index is 12.3. The van der Waals surface area contributed by atoms with Crippen molar-refractivity contribution in [1.29, 1.82) is 0 Å². The number of halogens is 1. The molecule has 0 saturated heterocycles. The minimum Gasteiger partial charge on any atom is -0.277 e. The zero-order valence-electron chi connectivity index (χ0n) is 15.1. The van der Waals surface area contributed by atoms with Crippen LogP contribution >= 0.6 is 23.4 Å². The lowest BCUT2D eigenvalue weighted by molar-refractivity contribution is 0.520. The molecule has 2 aromatic carbocycles. The Hall–Kier alpha value is -1.87. The Bertz CT molecular complexity index is 1060. The first-order chi connectivity index (χ1) is 12.8. The van der Waals surface area contributed by atoms with Crippen molar-refractivity contribution in [3.63, 3.8) is 0 Å². The van der Waals surface area contributed by atoms with Crippen molar-refractivity contribution in [2.45, 2.75) is 22.7 Å². The van der Waals surface area contributed by atoms with Crippen molar-refractivity contribution in [3.05, 3.63) is 64.9 Å². The first-order valence-electron chi connectivity index (χ1n) is 8.10. The van der Waals surface area contributed by atoms with E-state index in [-0.39, 0.29) is 4.90 Å². The second kappa shape index (κ2) is 8.02. The van der Waals surface area contributed by atoms with E-state index in [1.54, 1.807) is 24.5 Å². The predicted molar refractivity (Wildman–Crippen MR) is 108 cm³/mol. The molecular weight excluding hydrogens is 404 g/mol. The topological polar surface area (TPSA) is 68.1 Å². The molecule has 0 aliphatic carbocycles. The summed E-state index contributed by atoms with van der Waals surface area (Å²) in [5.41, 5.74) is 2.77. The summed E-state index contributed by atoms with van der Waals surface area (Å²) >= 11 is 7.70. The molecule has 3 rings (SSSR count). The number of aromatic nitrogens is 3. The quantitative estimate of drug-likeness (QED) is 0.565. The Labute approximate surface area is 168 Å². The van der Waals surface area contributed by atoms with Crippen LogP contribution in [-0.2, 0) is 15.8 Å². The zero-order chi connectivity index (χ0) is 19.6. The molecular formula is C18H19ClN4O2S2. The molecule has 0 aliphatic rings. The third-order valence-corrected chi connectivity index (χ3v) is 7.23. The monoisotopic (exact) mass is 422 g/mol. The minimum atomic E-state index is -3.46. The Balaban J connectivity index is 1.81. The van der Waals surface area contributed by atoms with Crippen LogP contribution in [0, 0.1) is 6.92 Å². The van der Waals surface area contributed by atoms with Crippen LogP contribution < -0.4 is 0 Å². The van der Waals surface area contributed by atoms with Gasteiger partial charge in [-0.3, -0.25) is 4.57 Å². The van der Waals surface area contributed by atoms with Crippen LogP contribution in [0.1, 0.15) is 11.1 Å². The van der Waals surface area contributed by atoms with E-state index in [0.717, 1.165) is 16.8 Å². The fourth-order valence-corrected chi connectivity index (χ4v) is 4.41. The van der Waals surface area contributed by atoms with E-state index in [2.05, 4.69) is 10.2 Å². The molecule has 9 heteroatoms. The maximum atomic E-state index is 12.3. The molecule has 0 spiro atoms. The number of sulfonamides is 1. The van der Waals surface area contributed by atoms with Crippen LogP contribution in [0.3, 0.4) is 0 Å². The summed E-state index contributed by atoms with van der Waals surface area (Å²) in [5.74, 6) is 0.565. The molecule has 0 N–H and O–H groups in total. The van der Waals surface area contributed by atoms with Crippen LogP contribution in [0.5, 0.6) is 0 Å². The number of thioether (sulfide) groups is 1. The smallest absolute Gasteiger partial charge is 0.242 e. The minimum absolute atomic E-state index is 0.275. The highest BCUT2D eigenvalue weighted by atomic mass is 35.5. The molecule has 0 bridgehead atoms. The number of nitrogens with zero attached hydrogens (tertiary/aromatic N) is 4. The molecule has 6 nitrogen and oxygen atoms in total. The van der Waals surface area contributed by atoms with Crippen LogP contribution in [0.25, 0.3) is 5.69 Å². The summed E-state index contributed by atoms with van der Waals surface area (Å²) in [6, 6.07) is 12.7. The average molecular weight is 423 g/mol. The Morgan fingerprint density at radius 3 is 2.67 bits per heavy atom. The van der Waals surface area contributed by atoms with E-state index in [9.17, 15) is 8.42 Å². The van der Waals surface area contributed by atoms with E-state index in [1.165, 1.54) is 30.2 Å². The molecule has 3 aromatic rings. The highest BCUT2D eigenvalue weighted by Crippen LogP contribution is 2.26. The van der Waals surface area contributed by atoms with Gasteiger partial charge < -0.3 is 0 Å². The highest BCUT2D eigenvalue weighted by molar-refractivity contribution is 7.98. The van der Waals surface area contributed by atoms with Gasteiger partial charge in [0.05, 0.1) is 10.6 Å². The summed E-state index contributed by atoms with van der Waals surface area (Å²) in [6.45, 7) is 1.95. The van der Waals surface area contributed by atoms with Gasteiger partial charge in [0.25, 0.3) is 0 Å². The van der Waals surface area contributed by atoms with Crippen molar-refractivity contribution in [1.82, 2.24) is 19.1 Å². The fourth-order valence-electron chi connectivity index (χ4n) is 2.39. The number of hydrogen-bond acceptors (Lipinski definition) is 5. The van der Waals surface area contributed by atoms with Crippen molar-refractivity contribution >= 4 is 33.4 Å². The largest absolute Gasteiger partial charge is 0.277 e. The Morgan fingerprint density at radius 2 is 1.96 bits per heavy atom. The van der Waals surface area contributed by atoms with E-state index in [1.807, 2.05) is 35.8 Å². The Kier molecular flexibility index (Phi) is 5.90. The third kappa shape index (κ3) is 4.35. The van der Waals surface area contributed by atoms with Gasteiger partial charge in [0.2, 0.25) is 10.0 Å². The molecule has 1 aromatic heterocycles. The highest BCUT2D eigenvalue weighted by Gasteiger charge is 2.17. The van der Waals surface area contributed by atoms with Gasteiger partial charge in [-0.2, -0.15) is 0 Å². The van der Waals surface area contributed by atoms with Gasteiger partial charge in [-0.25, -0.2) is 12.7 Å². The summed E-state index contributed by atoms with van der Waals surface area (Å²) in [5, 5.41) is 9.54. The van der Waals surface area contributed by atoms with Crippen molar-refractivity contribution < 1.29 is 8.42 Å². The lowest BCUT2D eigenvalue weighted by atomic mass is 10.2. The average Bonchev–Trinajstić information content (AvgIpc) is 3.11. The number of hydrogen-bond donors (Lipinski definition) is 0. The van der Waals surface area contributed by atoms with Gasteiger partial charge in [0.15, 0.2) is 5.16 Å². The summed E-state index contributed by atoms with van der Waals surface area (Å²) in [4.78, 5) is 0.275. The molecule has 0 amide bonds. The van der Waals surface area contributed by atoms with E-state index >= 15 is 0 Å². The summed E-state index contributed by atoms with van der Waals surface area (Å²) < 4.78 is 27.7. The third-order valence-electron chi connectivity index (χ3n) is 4.00. The predicted octanol–water partition coefficient (Wildman–Crippen LogP) is 3.77. The summed E-state index contributed by atoms with van der Waals surface area (Å²) in [6.07, 6.45) is 1.64. The van der Waals surface area contributed by atoms with Gasteiger partial charge >= 0.3 is 0 Å². The Morgan fingerprint density at radius 1 is 1.19 bits per heavy atom. The van der Waals surface area contributed by atoms with E-state index in [4.69, 9.17) is 11.6 Å². The van der Waals surface area contributed by atoms with Crippen LogP contribution in [0.15, 0.2) is 58.8 Å². The molecule has 0 unspecified atom stereocenters. The lowest BCUT2D eigenvalue weighted by Gasteiger charge is -2.12. The van der Waals surface area contributed by atoms with Crippen molar-refractivity contribution in [3.8, 4) is 5.69 Å². The van der Waals surface area contributed by atoms with Gasteiger partial charge in [0, 0.05) is 24.9 Å². The number of benzene rings is 2. The first-order valence-corrected chi connectivity index (χ1v) is 10.9. The normalized spacial score (nSPS) is 11.9. The standard InChI is InChI=1S/C18H19ClN4O2S2/c1-13-7-8-15(10-17(13)19)23-12-20-21-18(23)26-11-14-5-4-6-16(9-14)27(24,25)22(2)3/h4-10,12H,11H2,1-3H3. The van der Waals surface area contributed by atoms with Gasteiger partial charge in [-0.1, -0.05) is 41.6 Å². The van der Waals surface area contributed by atoms with Crippen LogP contribution in [0.2, 0.25) is 5.02 Å². The second-order valence-electron chi connectivity index (χ2n) is 6.14. The van der Waals surface area contributed by atoms with E-state index in [0.29, 0.717) is 15.9 Å². The molecule has 0 aliphatic heterocycles.